The van der Waals surface area contributed by atoms with Crippen LogP contribution in [-0.2, 0) is 0 Å². The average molecular weight is 290 g/mol. The molecule has 4 nitrogen and oxygen atoms in total. The zero-order valence-electron chi connectivity index (χ0n) is 12.0. The highest BCUT2D eigenvalue weighted by Gasteiger charge is 2.28. The number of carboxylic acid groups (broad SMARTS) is 1. The maximum absolute atomic E-state index is 11.1. The standard InChI is InChI=1S/C18H14N2O2/c1-11-14-7-2-3-8-15(14)17-16(11)10-20(19-17)13-6-4-5-12(9-13)18(21)22/h2-11H,1H3,(H,21,22). The van der Waals surface area contributed by atoms with Gasteiger partial charge in [-0.15, -0.1) is 0 Å². The molecule has 0 aliphatic heterocycles. The SMILES string of the molecule is CC1c2ccccc2-c2nn(-c3cccc(C(=O)O)c3)cc21. The van der Waals surface area contributed by atoms with Gasteiger partial charge in [-0.3, -0.25) is 0 Å². The molecule has 22 heavy (non-hydrogen) atoms. The third kappa shape index (κ3) is 1.77. The highest BCUT2D eigenvalue weighted by atomic mass is 16.4. The van der Waals surface area contributed by atoms with E-state index in [0.717, 1.165) is 16.9 Å². The Kier molecular flexibility index (Phi) is 2.66. The average Bonchev–Trinajstić information content (AvgIpc) is 3.08. The van der Waals surface area contributed by atoms with Gasteiger partial charge in [0.15, 0.2) is 0 Å². The van der Waals surface area contributed by atoms with Crippen molar-refractivity contribution in [2.24, 2.45) is 0 Å². The predicted molar refractivity (Wildman–Crippen MR) is 83.5 cm³/mol. The summed E-state index contributed by atoms with van der Waals surface area (Å²) in [6.45, 7) is 2.17. The van der Waals surface area contributed by atoms with Gasteiger partial charge in [-0.05, 0) is 23.8 Å². The molecule has 3 aromatic rings. The molecule has 0 spiro atoms. The van der Waals surface area contributed by atoms with Crippen LogP contribution in [0.4, 0.5) is 0 Å². The molecule has 0 saturated carbocycles. The van der Waals surface area contributed by atoms with Crippen molar-refractivity contribution in [3.05, 3.63) is 71.4 Å². The molecule has 0 fully saturated rings. The minimum Gasteiger partial charge on any atom is -0.478 e. The van der Waals surface area contributed by atoms with Gasteiger partial charge in [0, 0.05) is 23.2 Å². The van der Waals surface area contributed by atoms with Crippen LogP contribution in [0.15, 0.2) is 54.7 Å². The molecule has 4 rings (SSSR count). The molecule has 0 radical (unpaired) electrons. The normalized spacial score (nSPS) is 15.4. The van der Waals surface area contributed by atoms with Gasteiger partial charge in [0.2, 0.25) is 0 Å². The van der Waals surface area contributed by atoms with Gasteiger partial charge in [-0.2, -0.15) is 5.10 Å². The van der Waals surface area contributed by atoms with Crippen LogP contribution < -0.4 is 0 Å². The lowest BCUT2D eigenvalue weighted by Crippen LogP contribution is -2.01. The second-order valence-corrected chi connectivity index (χ2v) is 5.54. The molecule has 4 heteroatoms. The molecule has 1 N–H and O–H groups in total. The zero-order chi connectivity index (χ0) is 15.3. The van der Waals surface area contributed by atoms with E-state index in [1.165, 1.54) is 11.1 Å². The number of hydrogen-bond donors (Lipinski definition) is 1. The first-order valence-corrected chi connectivity index (χ1v) is 7.18. The monoisotopic (exact) mass is 290 g/mol. The van der Waals surface area contributed by atoms with E-state index in [4.69, 9.17) is 5.11 Å². The van der Waals surface area contributed by atoms with Gasteiger partial charge in [-0.25, -0.2) is 9.48 Å². The van der Waals surface area contributed by atoms with Gasteiger partial charge in [-0.1, -0.05) is 37.3 Å². The molecular weight excluding hydrogens is 276 g/mol. The molecule has 2 aromatic carbocycles. The summed E-state index contributed by atoms with van der Waals surface area (Å²) in [5, 5.41) is 13.8. The van der Waals surface area contributed by atoms with Crippen molar-refractivity contribution in [2.45, 2.75) is 12.8 Å². The summed E-state index contributed by atoms with van der Waals surface area (Å²) in [5.41, 5.74) is 5.66. The Bertz CT molecular complexity index is 896. The maximum Gasteiger partial charge on any atom is 0.335 e. The largest absolute Gasteiger partial charge is 0.478 e. The highest BCUT2D eigenvalue weighted by Crippen LogP contribution is 2.43. The van der Waals surface area contributed by atoms with Crippen LogP contribution in [0.5, 0.6) is 0 Å². The fourth-order valence-electron chi connectivity index (χ4n) is 3.08. The number of carboxylic acids is 1. The molecule has 1 unspecified atom stereocenters. The number of benzene rings is 2. The third-order valence-electron chi connectivity index (χ3n) is 4.25. The van der Waals surface area contributed by atoms with Crippen molar-refractivity contribution in [2.75, 3.05) is 0 Å². The van der Waals surface area contributed by atoms with Crippen molar-refractivity contribution in [1.29, 1.82) is 0 Å². The summed E-state index contributed by atoms with van der Waals surface area (Å²) in [6, 6.07) is 15.1. The van der Waals surface area contributed by atoms with Gasteiger partial charge in [0.05, 0.1) is 16.9 Å². The highest BCUT2D eigenvalue weighted by molar-refractivity contribution is 5.88. The Morgan fingerprint density at radius 2 is 1.95 bits per heavy atom. The fraction of sp³-hybridized carbons (Fsp3) is 0.111. The molecular formula is C18H14N2O2. The van der Waals surface area contributed by atoms with E-state index in [1.54, 1.807) is 22.9 Å². The molecule has 1 aliphatic rings. The van der Waals surface area contributed by atoms with E-state index in [9.17, 15) is 4.79 Å². The van der Waals surface area contributed by atoms with Gasteiger partial charge in [0.1, 0.15) is 0 Å². The topological polar surface area (TPSA) is 55.1 Å². The maximum atomic E-state index is 11.1. The zero-order valence-corrected chi connectivity index (χ0v) is 12.0. The Balaban J connectivity index is 1.84. The fourth-order valence-corrected chi connectivity index (χ4v) is 3.08. The number of hydrogen-bond acceptors (Lipinski definition) is 2. The van der Waals surface area contributed by atoms with Crippen LogP contribution in [0.25, 0.3) is 16.9 Å². The predicted octanol–water partition coefficient (Wildman–Crippen LogP) is 3.70. The molecule has 108 valence electrons. The third-order valence-corrected chi connectivity index (χ3v) is 4.25. The first-order chi connectivity index (χ1) is 10.6. The summed E-state index contributed by atoms with van der Waals surface area (Å²) in [5.74, 6) is -0.622. The summed E-state index contributed by atoms with van der Waals surface area (Å²) < 4.78 is 1.77. The minimum absolute atomic E-state index is 0.265. The lowest BCUT2D eigenvalue weighted by molar-refractivity contribution is 0.0697. The van der Waals surface area contributed by atoms with E-state index in [2.05, 4.69) is 24.2 Å². The summed E-state index contributed by atoms with van der Waals surface area (Å²) in [7, 11) is 0. The summed E-state index contributed by atoms with van der Waals surface area (Å²) >= 11 is 0. The van der Waals surface area contributed by atoms with Crippen molar-refractivity contribution < 1.29 is 9.90 Å². The number of aromatic nitrogens is 2. The van der Waals surface area contributed by atoms with Crippen LogP contribution in [0.3, 0.4) is 0 Å². The first-order valence-electron chi connectivity index (χ1n) is 7.18. The van der Waals surface area contributed by atoms with Crippen LogP contribution in [0, 0.1) is 0 Å². The van der Waals surface area contributed by atoms with Crippen LogP contribution >= 0.6 is 0 Å². The molecule has 0 amide bonds. The lowest BCUT2D eigenvalue weighted by Gasteiger charge is -2.07. The van der Waals surface area contributed by atoms with Crippen molar-refractivity contribution in [1.82, 2.24) is 9.78 Å². The second kappa shape index (κ2) is 4.56. The number of carbonyl (C=O) groups is 1. The van der Waals surface area contributed by atoms with E-state index in [0.29, 0.717) is 5.92 Å². The quantitative estimate of drug-likeness (QED) is 0.783. The van der Waals surface area contributed by atoms with Gasteiger partial charge >= 0.3 is 5.97 Å². The first kappa shape index (κ1) is 12.8. The Morgan fingerprint density at radius 3 is 2.77 bits per heavy atom. The van der Waals surface area contributed by atoms with E-state index < -0.39 is 5.97 Å². The summed E-state index contributed by atoms with van der Waals surface area (Å²) in [6.07, 6.45) is 2.00. The van der Waals surface area contributed by atoms with Crippen LogP contribution in [0.1, 0.15) is 34.3 Å². The Labute approximate surface area is 127 Å². The van der Waals surface area contributed by atoms with Crippen LogP contribution in [-0.4, -0.2) is 20.9 Å². The number of aromatic carboxylic acids is 1. The lowest BCUT2D eigenvalue weighted by atomic mass is 10.0. The van der Waals surface area contributed by atoms with Crippen molar-refractivity contribution >= 4 is 5.97 Å². The molecule has 1 atom stereocenters. The number of rotatable bonds is 2. The van der Waals surface area contributed by atoms with E-state index in [-0.39, 0.29) is 5.56 Å². The van der Waals surface area contributed by atoms with Gasteiger partial charge < -0.3 is 5.11 Å². The van der Waals surface area contributed by atoms with E-state index in [1.807, 2.05) is 24.4 Å². The molecule has 0 saturated heterocycles. The molecule has 1 heterocycles. The molecule has 1 aromatic heterocycles. The summed E-state index contributed by atoms with van der Waals surface area (Å²) in [4.78, 5) is 11.1. The molecule has 0 bridgehead atoms. The minimum atomic E-state index is -0.930. The van der Waals surface area contributed by atoms with Gasteiger partial charge in [0.25, 0.3) is 0 Å². The Morgan fingerprint density at radius 1 is 1.14 bits per heavy atom. The van der Waals surface area contributed by atoms with Crippen molar-refractivity contribution in [3.63, 3.8) is 0 Å². The number of nitrogens with zero attached hydrogens (tertiary/aromatic N) is 2. The van der Waals surface area contributed by atoms with Crippen LogP contribution in [0.2, 0.25) is 0 Å². The van der Waals surface area contributed by atoms with Crippen molar-refractivity contribution in [3.8, 4) is 16.9 Å². The number of fused-ring (bicyclic) bond motifs is 3. The smallest absolute Gasteiger partial charge is 0.335 e. The van der Waals surface area contributed by atoms with E-state index >= 15 is 0 Å². The Hall–Kier alpha value is -2.88. The second-order valence-electron chi connectivity index (χ2n) is 5.54. The molecule has 1 aliphatic carbocycles.